The second-order valence-electron chi connectivity index (χ2n) is 1.99. The summed E-state index contributed by atoms with van der Waals surface area (Å²) in [4.78, 5) is 7.95. The number of methoxy groups -OCH3 is 1. The number of ether oxygens (including phenoxy) is 1. The molecule has 1 aromatic heterocycles. The zero-order valence-corrected chi connectivity index (χ0v) is 6.45. The molecular formula is C7H11N3O. The first-order valence-corrected chi connectivity index (χ1v) is 3.43. The van der Waals surface area contributed by atoms with Crippen molar-refractivity contribution in [3.8, 4) is 0 Å². The molecule has 60 valence electrons. The van der Waals surface area contributed by atoms with Gasteiger partial charge < -0.3 is 10.1 Å². The molecule has 0 atom stereocenters. The Morgan fingerprint density at radius 2 is 2.18 bits per heavy atom. The lowest BCUT2D eigenvalue weighted by atomic mass is 10.6. The zero-order valence-electron chi connectivity index (χ0n) is 6.45. The van der Waals surface area contributed by atoms with Crippen LogP contribution in [-0.4, -0.2) is 30.2 Å². The largest absolute Gasteiger partial charge is 0.383 e. The minimum atomic E-state index is 0.643. The van der Waals surface area contributed by atoms with Crippen molar-refractivity contribution in [2.75, 3.05) is 25.6 Å². The van der Waals surface area contributed by atoms with Crippen LogP contribution < -0.4 is 5.32 Å². The third-order valence-corrected chi connectivity index (χ3v) is 1.16. The quantitative estimate of drug-likeness (QED) is 0.641. The summed E-state index contributed by atoms with van der Waals surface area (Å²) in [7, 11) is 1.66. The topological polar surface area (TPSA) is 47.0 Å². The Morgan fingerprint density at radius 3 is 2.82 bits per heavy atom. The van der Waals surface area contributed by atoms with Gasteiger partial charge in [-0.3, -0.25) is 0 Å². The lowest BCUT2D eigenvalue weighted by Gasteiger charge is -2.01. The van der Waals surface area contributed by atoms with Gasteiger partial charge in [-0.25, -0.2) is 9.97 Å². The number of rotatable bonds is 4. The van der Waals surface area contributed by atoms with Crippen LogP contribution in [0.25, 0.3) is 0 Å². The Kier molecular flexibility index (Phi) is 3.34. The number of aromatic nitrogens is 2. The van der Waals surface area contributed by atoms with Crippen LogP contribution in [0.3, 0.4) is 0 Å². The summed E-state index contributed by atoms with van der Waals surface area (Å²) in [6.07, 6.45) is 3.39. The summed E-state index contributed by atoms with van der Waals surface area (Å²) in [6, 6.07) is 1.78. The Morgan fingerprint density at radius 1 is 1.45 bits per heavy atom. The third kappa shape index (κ3) is 2.95. The molecule has 0 bridgehead atoms. The van der Waals surface area contributed by atoms with Crippen molar-refractivity contribution in [2.45, 2.75) is 0 Å². The molecule has 0 aliphatic heterocycles. The van der Waals surface area contributed by atoms with E-state index in [4.69, 9.17) is 4.74 Å². The monoisotopic (exact) mass is 153 g/mol. The van der Waals surface area contributed by atoms with Crippen molar-refractivity contribution in [1.82, 2.24) is 9.97 Å². The van der Waals surface area contributed by atoms with Gasteiger partial charge in [0.25, 0.3) is 0 Å². The Balaban J connectivity index is 2.28. The molecule has 1 aromatic rings. The number of nitrogens with one attached hydrogen (secondary N) is 1. The fraction of sp³-hybridized carbons (Fsp3) is 0.429. The molecule has 1 heterocycles. The molecule has 1 rings (SSSR count). The molecular weight excluding hydrogens is 142 g/mol. The fourth-order valence-electron chi connectivity index (χ4n) is 0.655. The van der Waals surface area contributed by atoms with Gasteiger partial charge in [0.05, 0.1) is 6.61 Å². The number of hydrogen-bond acceptors (Lipinski definition) is 4. The van der Waals surface area contributed by atoms with Gasteiger partial charge in [-0.1, -0.05) is 0 Å². The molecule has 11 heavy (non-hydrogen) atoms. The Hall–Kier alpha value is -1.16. The zero-order chi connectivity index (χ0) is 7.94. The van der Waals surface area contributed by atoms with E-state index in [1.807, 2.05) is 0 Å². The normalized spacial score (nSPS) is 9.55. The number of nitrogens with zero attached hydrogens (tertiary/aromatic N) is 2. The van der Waals surface area contributed by atoms with Crippen molar-refractivity contribution in [3.05, 3.63) is 18.5 Å². The molecule has 0 aromatic carbocycles. The van der Waals surface area contributed by atoms with Gasteiger partial charge in [0.15, 0.2) is 0 Å². The maximum atomic E-state index is 4.85. The van der Waals surface area contributed by atoms with Gasteiger partial charge in [-0.05, 0) is 6.07 Å². The summed E-state index contributed by atoms with van der Waals surface area (Å²) in [5.41, 5.74) is 0. The van der Waals surface area contributed by atoms with Crippen LogP contribution in [0.4, 0.5) is 5.95 Å². The number of hydrogen-bond donors (Lipinski definition) is 1. The minimum Gasteiger partial charge on any atom is -0.383 e. The summed E-state index contributed by atoms with van der Waals surface area (Å²) < 4.78 is 4.85. The smallest absolute Gasteiger partial charge is 0.222 e. The molecule has 0 aliphatic carbocycles. The van der Waals surface area contributed by atoms with Gasteiger partial charge in [0.2, 0.25) is 5.95 Å². The standard InChI is InChI=1S/C7H11N3O/c1-11-6-5-10-7-8-3-2-4-9-7/h2-4H,5-6H2,1H3,(H,8,9,10). The van der Waals surface area contributed by atoms with Crippen LogP contribution in [-0.2, 0) is 4.74 Å². The maximum absolute atomic E-state index is 4.85. The predicted molar refractivity (Wildman–Crippen MR) is 42.4 cm³/mol. The molecule has 0 fully saturated rings. The highest BCUT2D eigenvalue weighted by molar-refractivity contribution is 5.21. The average Bonchev–Trinajstić information content (AvgIpc) is 2.07. The van der Waals surface area contributed by atoms with E-state index in [2.05, 4.69) is 15.3 Å². The van der Waals surface area contributed by atoms with Gasteiger partial charge in [0.1, 0.15) is 0 Å². The van der Waals surface area contributed by atoms with E-state index in [0.29, 0.717) is 12.6 Å². The molecule has 0 aliphatic rings. The van der Waals surface area contributed by atoms with E-state index in [1.165, 1.54) is 0 Å². The van der Waals surface area contributed by atoms with E-state index in [9.17, 15) is 0 Å². The Labute approximate surface area is 65.6 Å². The van der Waals surface area contributed by atoms with Crippen LogP contribution in [0.1, 0.15) is 0 Å². The lowest BCUT2D eigenvalue weighted by Crippen LogP contribution is -2.09. The van der Waals surface area contributed by atoms with E-state index >= 15 is 0 Å². The van der Waals surface area contributed by atoms with Crippen molar-refractivity contribution in [1.29, 1.82) is 0 Å². The highest BCUT2D eigenvalue weighted by atomic mass is 16.5. The van der Waals surface area contributed by atoms with Crippen molar-refractivity contribution >= 4 is 5.95 Å². The summed E-state index contributed by atoms with van der Waals surface area (Å²) in [5.74, 6) is 0.643. The van der Waals surface area contributed by atoms with E-state index in [0.717, 1.165) is 6.54 Å². The van der Waals surface area contributed by atoms with Crippen molar-refractivity contribution in [2.24, 2.45) is 0 Å². The predicted octanol–water partition coefficient (Wildman–Crippen LogP) is 0.535. The molecule has 0 spiro atoms. The molecule has 4 heteroatoms. The van der Waals surface area contributed by atoms with Gasteiger partial charge >= 0.3 is 0 Å². The second-order valence-corrected chi connectivity index (χ2v) is 1.99. The molecule has 0 unspecified atom stereocenters. The van der Waals surface area contributed by atoms with E-state index in [-0.39, 0.29) is 0 Å². The first-order valence-electron chi connectivity index (χ1n) is 3.43. The SMILES string of the molecule is COCCNc1ncccn1. The summed E-state index contributed by atoms with van der Waals surface area (Å²) >= 11 is 0. The summed E-state index contributed by atoms with van der Waals surface area (Å²) in [6.45, 7) is 1.40. The highest BCUT2D eigenvalue weighted by Gasteiger charge is 1.89. The molecule has 0 amide bonds. The van der Waals surface area contributed by atoms with Gasteiger partial charge in [-0.15, -0.1) is 0 Å². The lowest BCUT2D eigenvalue weighted by molar-refractivity contribution is 0.210. The van der Waals surface area contributed by atoms with Crippen LogP contribution in [0, 0.1) is 0 Å². The van der Waals surface area contributed by atoms with Crippen molar-refractivity contribution < 1.29 is 4.74 Å². The minimum absolute atomic E-state index is 0.643. The van der Waals surface area contributed by atoms with E-state index < -0.39 is 0 Å². The third-order valence-electron chi connectivity index (χ3n) is 1.16. The summed E-state index contributed by atoms with van der Waals surface area (Å²) in [5, 5.41) is 3.00. The van der Waals surface area contributed by atoms with Crippen LogP contribution >= 0.6 is 0 Å². The number of anilines is 1. The first kappa shape index (κ1) is 7.94. The van der Waals surface area contributed by atoms with Crippen LogP contribution in [0.5, 0.6) is 0 Å². The first-order chi connectivity index (χ1) is 5.43. The van der Waals surface area contributed by atoms with E-state index in [1.54, 1.807) is 25.6 Å². The molecule has 0 saturated heterocycles. The highest BCUT2D eigenvalue weighted by Crippen LogP contribution is 1.91. The molecule has 0 saturated carbocycles. The molecule has 0 radical (unpaired) electrons. The average molecular weight is 153 g/mol. The Bertz CT molecular complexity index is 190. The maximum Gasteiger partial charge on any atom is 0.222 e. The molecule has 1 N–H and O–H groups in total. The second kappa shape index (κ2) is 4.62. The molecule has 4 nitrogen and oxygen atoms in total. The van der Waals surface area contributed by atoms with Crippen LogP contribution in [0.15, 0.2) is 18.5 Å². The fourth-order valence-corrected chi connectivity index (χ4v) is 0.655. The van der Waals surface area contributed by atoms with Crippen molar-refractivity contribution in [3.63, 3.8) is 0 Å². The van der Waals surface area contributed by atoms with Crippen LogP contribution in [0.2, 0.25) is 0 Å². The van der Waals surface area contributed by atoms with Gasteiger partial charge in [0, 0.05) is 26.0 Å². The van der Waals surface area contributed by atoms with Gasteiger partial charge in [-0.2, -0.15) is 0 Å².